The molecule has 0 saturated carbocycles. The van der Waals surface area contributed by atoms with E-state index in [0.717, 1.165) is 11.1 Å². The molecule has 5 heteroatoms. The van der Waals surface area contributed by atoms with Crippen LogP contribution in [0.4, 0.5) is 0 Å². The Kier molecular flexibility index (Phi) is 3.20. The SMILES string of the molecule is NC1=NNC(=O)C12C=C(c1ccccc1)OC(c1ccccc1)=C2. The van der Waals surface area contributed by atoms with Gasteiger partial charge in [0.15, 0.2) is 5.41 Å². The molecule has 0 radical (unpaired) electrons. The number of hydrogen-bond donors (Lipinski definition) is 2. The van der Waals surface area contributed by atoms with Gasteiger partial charge in [0.05, 0.1) is 0 Å². The Morgan fingerprint density at radius 1 is 0.875 bits per heavy atom. The number of rotatable bonds is 2. The van der Waals surface area contributed by atoms with Gasteiger partial charge in [0.2, 0.25) is 0 Å². The third-order valence-corrected chi connectivity index (χ3v) is 4.13. The Hall–Kier alpha value is -3.34. The van der Waals surface area contributed by atoms with Crippen LogP contribution in [0.3, 0.4) is 0 Å². The molecule has 0 unspecified atom stereocenters. The maximum absolute atomic E-state index is 12.5. The summed E-state index contributed by atoms with van der Waals surface area (Å²) in [5, 5.41) is 3.90. The number of nitrogens with one attached hydrogen (secondary N) is 1. The van der Waals surface area contributed by atoms with E-state index < -0.39 is 5.41 Å². The minimum atomic E-state index is -1.13. The molecule has 0 fully saturated rings. The summed E-state index contributed by atoms with van der Waals surface area (Å²) in [6.45, 7) is 0. The normalized spacial score (nSPS) is 18.3. The number of carbonyl (C=O) groups is 1. The minimum Gasteiger partial charge on any atom is -0.457 e. The number of carbonyl (C=O) groups excluding carboxylic acids is 1. The smallest absolute Gasteiger partial charge is 0.262 e. The lowest BCUT2D eigenvalue weighted by atomic mass is 9.82. The van der Waals surface area contributed by atoms with Gasteiger partial charge in [-0.25, -0.2) is 5.43 Å². The number of hydrazone groups is 1. The molecular weight excluding hydrogens is 302 g/mol. The molecule has 2 aromatic rings. The van der Waals surface area contributed by atoms with Crippen LogP contribution in [0.15, 0.2) is 77.9 Å². The first-order chi connectivity index (χ1) is 11.7. The Morgan fingerprint density at radius 3 is 1.79 bits per heavy atom. The van der Waals surface area contributed by atoms with Crippen LogP contribution >= 0.6 is 0 Å². The van der Waals surface area contributed by atoms with Crippen LogP contribution < -0.4 is 11.2 Å². The fourth-order valence-corrected chi connectivity index (χ4v) is 2.81. The highest BCUT2D eigenvalue weighted by Gasteiger charge is 2.46. The van der Waals surface area contributed by atoms with E-state index in [0.29, 0.717) is 11.5 Å². The van der Waals surface area contributed by atoms with Gasteiger partial charge in [-0.2, -0.15) is 5.10 Å². The lowest BCUT2D eigenvalue weighted by Crippen LogP contribution is -2.40. The molecular formula is C19H15N3O2. The van der Waals surface area contributed by atoms with Crippen LogP contribution in [0.5, 0.6) is 0 Å². The molecule has 2 aliphatic rings. The van der Waals surface area contributed by atoms with Gasteiger partial charge in [-0.15, -0.1) is 0 Å². The van der Waals surface area contributed by atoms with E-state index >= 15 is 0 Å². The molecule has 24 heavy (non-hydrogen) atoms. The van der Waals surface area contributed by atoms with Crippen molar-refractivity contribution in [1.82, 2.24) is 5.43 Å². The fraction of sp³-hybridized carbons (Fsp3) is 0.0526. The van der Waals surface area contributed by atoms with Crippen LogP contribution in [-0.2, 0) is 9.53 Å². The van der Waals surface area contributed by atoms with Crippen molar-refractivity contribution in [3.8, 4) is 0 Å². The van der Waals surface area contributed by atoms with Crippen molar-refractivity contribution >= 4 is 23.3 Å². The quantitative estimate of drug-likeness (QED) is 0.893. The molecule has 2 heterocycles. The summed E-state index contributed by atoms with van der Waals surface area (Å²) in [6, 6.07) is 19.2. The van der Waals surface area contributed by atoms with E-state index in [4.69, 9.17) is 10.5 Å². The highest BCUT2D eigenvalue weighted by molar-refractivity contribution is 6.16. The molecule has 0 aliphatic carbocycles. The lowest BCUT2D eigenvalue weighted by molar-refractivity contribution is -0.123. The maximum Gasteiger partial charge on any atom is 0.262 e. The van der Waals surface area contributed by atoms with Crippen molar-refractivity contribution in [3.05, 3.63) is 83.9 Å². The molecule has 1 spiro atoms. The second-order valence-electron chi connectivity index (χ2n) is 5.66. The topological polar surface area (TPSA) is 76.7 Å². The zero-order chi connectivity index (χ0) is 16.6. The van der Waals surface area contributed by atoms with Gasteiger partial charge in [0.25, 0.3) is 5.91 Å². The molecule has 4 rings (SSSR count). The molecule has 118 valence electrons. The number of benzene rings is 2. The Balaban J connectivity index is 1.88. The molecule has 0 atom stereocenters. The van der Waals surface area contributed by atoms with Gasteiger partial charge in [0, 0.05) is 11.1 Å². The maximum atomic E-state index is 12.5. The highest BCUT2D eigenvalue weighted by atomic mass is 16.5. The molecule has 0 saturated heterocycles. The summed E-state index contributed by atoms with van der Waals surface area (Å²) in [5.41, 5.74) is 9.09. The molecule has 2 aliphatic heterocycles. The third kappa shape index (κ3) is 2.18. The first-order valence-electron chi connectivity index (χ1n) is 7.57. The number of hydrogen-bond acceptors (Lipinski definition) is 4. The first kappa shape index (κ1) is 14.3. The number of nitrogens with two attached hydrogens (primary N) is 1. The summed E-state index contributed by atoms with van der Waals surface area (Å²) in [4.78, 5) is 12.5. The van der Waals surface area contributed by atoms with Crippen LogP contribution in [0.1, 0.15) is 11.1 Å². The van der Waals surface area contributed by atoms with Gasteiger partial charge >= 0.3 is 0 Å². The number of nitrogens with zero attached hydrogens (tertiary/aromatic N) is 1. The van der Waals surface area contributed by atoms with E-state index in [1.807, 2.05) is 60.7 Å². The average Bonchev–Trinajstić information content (AvgIpc) is 2.91. The molecule has 0 bridgehead atoms. The van der Waals surface area contributed by atoms with Crippen LogP contribution in [-0.4, -0.2) is 11.7 Å². The predicted molar refractivity (Wildman–Crippen MR) is 92.1 cm³/mol. The summed E-state index contributed by atoms with van der Waals surface area (Å²) in [6.07, 6.45) is 3.44. The third-order valence-electron chi connectivity index (χ3n) is 4.13. The average molecular weight is 317 g/mol. The lowest BCUT2D eigenvalue weighted by Gasteiger charge is -2.27. The van der Waals surface area contributed by atoms with Crippen LogP contribution in [0.25, 0.3) is 11.5 Å². The van der Waals surface area contributed by atoms with Crippen LogP contribution in [0, 0.1) is 5.41 Å². The standard InChI is InChI=1S/C19H15N3O2/c20-17-19(18(23)22-21-17)11-15(13-7-3-1-4-8-13)24-16(12-19)14-9-5-2-6-10-14/h1-12H,(H2,20,21)(H,22,23). The van der Waals surface area contributed by atoms with Gasteiger partial charge < -0.3 is 10.5 Å². The van der Waals surface area contributed by atoms with E-state index in [1.54, 1.807) is 12.2 Å². The number of amides is 1. The second-order valence-corrected chi connectivity index (χ2v) is 5.66. The largest absolute Gasteiger partial charge is 0.457 e. The van der Waals surface area contributed by atoms with E-state index in [1.165, 1.54) is 0 Å². The van der Waals surface area contributed by atoms with Gasteiger partial charge in [-0.3, -0.25) is 4.79 Å². The second kappa shape index (κ2) is 5.38. The van der Waals surface area contributed by atoms with E-state index in [2.05, 4.69) is 10.5 Å². The van der Waals surface area contributed by atoms with Gasteiger partial charge in [-0.05, 0) is 12.2 Å². The number of amidine groups is 1. The van der Waals surface area contributed by atoms with Crippen molar-refractivity contribution in [2.24, 2.45) is 16.3 Å². The molecule has 1 amide bonds. The Bertz CT molecular complexity index is 828. The molecule has 0 aromatic heterocycles. The van der Waals surface area contributed by atoms with Crippen molar-refractivity contribution in [2.45, 2.75) is 0 Å². The monoisotopic (exact) mass is 317 g/mol. The summed E-state index contributed by atoms with van der Waals surface area (Å²) >= 11 is 0. The van der Waals surface area contributed by atoms with Gasteiger partial charge in [0.1, 0.15) is 17.4 Å². The Morgan fingerprint density at radius 2 is 1.38 bits per heavy atom. The summed E-state index contributed by atoms with van der Waals surface area (Å²) in [5.74, 6) is 1.07. The number of ether oxygens (including phenoxy) is 1. The summed E-state index contributed by atoms with van der Waals surface area (Å²) in [7, 11) is 0. The zero-order valence-corrected chi connectivity index (χ0v) is 12.8. The van der Waals surface area contributed by atoms with Gasteiger partial charge in [-0.1, -0.05) is 60.7 Å². The van der Waals surface area contributed by atoms with Crippen molar-refractivity contribution in [1.29, 1.82) is 0 Å². The zero-order valence-electron chi connectivity index (χ0n) is 12.8. The first-order valence-corrected chi connectivity index (χ1v) is 7.57. The molecule has 5 nitrogen and oxygen atoms in total. The summed E-state index contributed by atoms with van der Waals surface area (Å²) < 4.78 is 6.07. The fourth-order valence-electron chi connectivity index (χ4n) is 2.81. The highest BCUT2D eigenvalue weighted by Crippen LogP contribution is 2.40. The Labute approximate surface area is 139 Å². The van der Waals surface area contributed by atoms with Crippen molar-refractivity contribution in [3.63, 3.8) is 0 Å². The van der Waals surface area contributed by atoms with Crippen molar-refractivity contribution in [2.75, 3.05) is 0 Å². The van der Waals surface area contributed by atoms with E-state index in [9.17, 15) is 4.79 Å². The predicted octanol–water partition coefficient (Wildman–Crippen LogP) is 2.49. The molecule has 3 N–H and O–H groups in total. The minimum absolute atomic E-state index is 0.206. The van der Waals surface area contributed by atoms with Crippen molar-refractivity contribution < 1.29 is 9.53 Å². The molecule has 2 aromatic carbocycles. The van der Waals surface area contributed by atoms with Crippen LogP contribution in [0.2, 0.25) is 0 Å². The van der Waals surface area contributed by atoms with E-state index in [-0.39, 0.29) is 11.7 Å².